The second-order valence-electron chi connectivity index (χ2n) is 3.33. The molecule has 0 bridgehead atoms. The summed E-state index contributed by atoms with van der Waals surface area (Å²) in [5.41, 5.74) is 0. The highest BCUT2D eigenvalue weighted by molar-refractivity contribution is 5.23. The number of aromatic nitrogens is 3. The number of anilines is 1. The molecule has 5 heteroatoms. The fraction of sp³-hybridized carbons (Fsp3) is 0.778. The molecule has 0 radical (unpaired) electrons. The molecule has 0 aliphatic heterocycles. The first-order chi connectivity index (χ1) is 6.69. The lowest BCUT2D eigenvalue weighted by atomic mass is 10.2. The lowest BCUT2D eigenvalue weighted by molar-refractivity contribution is 0.110. The van der Waals surface area contributed by atoms with Crippen molar-refractivity contribution in [2.75, 3.05) is 19.5 Å². The second-order valence-corrected chi connectivity index (χ2v) is 3.33. The van der Waals surface area contributed by atoms with Crippen LogP contribution in [0.1, 0.15) is 19.2 Å². The van der Waals surface area contributed by atoms with Crippen LogP contribution >= 0.6 is 0 Å². The third kappa shape index (κ3) is 2.45. The zero-order chi connectivity index (χ0) is 10.6. The molecule has 1 heterocycles. The topological polar surface area (TPSA) is 52.0 Å². The molecule has 1 rings (SSSR count). The maximum absolute atomic E-state index is 5.17. The Kier molecular flexibility index (Phi) is 3.88. The third-order valence-corrected chi connectivity index (χ3v) is 2.37. The minimum Gasteiger partial charge on any atom is -0.382 e. The standard InChI is InChI=1S/C9H18N4O/c1-7(14-4)5-6-8-11-12-9(10-2)13(8)3/h7H,5-6H2,1-4H3,(H,10,12). The Bertz CT molecular complexity index is 284. The Morgan fingerprint density at radius 1 is 1.50 bits per heavy atom. The summed E-state index contributed by atoms with van der Waals surface area (Å²) in [6.45, 7) is 2.05. The number of rotatable bonds is 5. The van der Waals surface area contributed by atoms with Crippen LogP contribution in [-0.4, -0.2) is 35.0 Å². The van der Waals surface area contributed by atoms with Gasteiger partial charge in [-0.2, -0.15) is 0 Å². The van der Waals surface area contributed by atoms with Crippen LogP contribution < -0.4 is 5.32 Å². The number of ether oxygens (including phenoxy) is 1. The van der Waals surface area contributed by atoms with Gasteiger partial charge in [-0.05, 0) is 13.3 Å². The molecule has 0 aliphatic rings. The Labute approximate surface area is 84.5 Å². The summed E-state index contributed by atoms with van der Waals surface area (Å²) < 4.78 is 7.13. The molecule has 1 aromatic heterocycles. The van der Waals surface area contributed by atoms with Gasteiger partial charge in [0.25, 0.3) is 0 Å². The van der Waals surface area contributed by atoms with E-state index in [0.29, 0.717) is 0 Å². The summed E-state index contributed by atoms with van der Waals surface area (Å²) in [6, 6.07) is 0. The molecular formula is C9H18N4O. The monoisotopic (exact) mass is 198 g/mol. The number of hydrogen-bond acceptors (Lipinski definition) is 4. The first-order valence-corrected chi connectivity index (χ1v) is 4.77. The minimum atomic E-state index is 0.268. The molecule has 0 saturated heterocycles. The van der Waals surface area contributed by atoms with Gasteiger partial charge >= 0.3 is 0 Å². The molecule has 0 aromatic carbocycles. The molecule has 0 amide bonds. The van der Waals surface area contributed by atoms with Gasteiger partial charge in [0, 0.05) is 27.6 Å². The van der Waals surface area contributed by atoms with Crippen LogP contribution in [0.15, 0.2) is 0 Å². The molecule has 1 N–H and O–H groups in total. The molecule has 0 spiro atoms. The quantitative estimate of drug-likeness (QED) is 0.761. The third-order valence-electron chi connectivity index (χ3n) is 2.37. The molecule has 1 atom stereocenters. The van der Waals surface area contributed by atoms with Crippen molar-refractivity contribution >= 4 is 5.95 Å². The second kappa shape index (κ2) is 4.95. The van der Waals surface area contributed by atoms with Crippen molar-refractivity contribution in [1.29, 1.82) is 0 Å². The summed E-state index contributed by atoms with van der Waals surface area (Å²) >= 11 is 0. The summed E-state index contributed by atoms with van der Waals surface area (Å²) in [5, 5.41) is 11.1. The van der Waals surface area contributed by atoms with Crippen LogP contribution in [0, 0.1) is 0 Å². The maximum Gasteiger partial charge on any atom is 0.224 e. The fourth-order valence-corrected chi connectivity index (χ4v) is 1.25. The Morgan fingerprint density at radius 2 is 2.21 bits per heavy atom. The van der Waals surface area contributed by atoms with Crippen LogP contribution in [0.5, 0.6) is 0 Å². The Morgan fingerprint density at radius 3 is 2.71 bits per heavy atom. The Hall–Kier alpha value is -1.10. The number of nitrogens with one attached hydrogen (secondary N) is 1. The summed E-state index contributed by atoms with van der Waals surface area (Å²) in [5.74, 6) is 1.78. The average molecular weight is 198 g/mol. The highest BCUT2D eigenvalue weighted by Crippen LogP contribution is 2.08. The van der Waals surface area contributed by atoms with Crippen molar-refractivity contribution in [2.24, 2.45) is 7.05 Å². The molecule has 1 unspecified atom stereocenters. The summed E-state index contributed by atoms with van der Waals surface area (Å²) in [6.07, 6.45) is 2.12. The largest absolute Gasteiger partial charge is 0.382 e. The van der Waals surface area contributed by atoms with Crippen molar-refractivity contribution in [3.63, 3.8) is 0 Å². The zero-order valence-corrected chi connectivity index (χ0v) is 9.24. The van der Waals surface area contributed by atoms with E-state index in [1.165, 1.54) is 0 Å². The van der Waals surface area contributed by atoms with E-state index in [1.54, 1.807) is 7.11 Å². The lowest BCUT2D eigenvalue weighted by Crippen LogP contribution is -2.09. The van der Waals surface area contributed by atoms with Crippen LogP contribution in [-0.2, 0) is 18.2 Å². The van der Waals surface area contributed by atoms with E-state index in [0.717, 1.165) is 24.6 Å². The zero-order valence-electron chi connectivity index (χ0n) is 9.24. The van der Waals surface area contributed by atoms with Crippen molar-refractivity contribution in [3.8, 4) is 0 Å². The first kappa shape index (κ1) is 11.0. The molecule has 5 nitrogen and oxygen atoms in total. The van der Waals surface area contributed by atoms with Gasteiger partial charge in [0.15, 0.2) is 0 Å². The minimum absolute atomic E-state index is 0.268. The summed E-state index contributed by atoms with van der Waals surface area (Å²) in [4.78, 5) is 0. The molecule has 1 aromatic rings. The fourth-order valence-electron chi connectivity index (χ4n) is 1.25. The van der Waals surface area contributed by atoms with E-state index in [4.69, 9.17) is 4.74 Å². The molecular weight excluding hydrogens is 180 g/mol. The van der Waals surface area contributed by atoms with E-state index in [9.17, 15) is 0 Å². The van der Waals surface area contributed by atoms with Crippen molar-refractivity contribution < 1.29 is 4.74 Å². The van der Waals surface area contributed by atoms with Gasteiger partial charge in [-0.3, -0.25) is 0 Å². The average Bonchev–Trinajstić information content (AvgIpc) is 2.56. The number of aryl methyl sites for hydroxylation is 1. The Balaban J connectivity index is 2.54. The SMILES string of the molecule is CNc1nnc(CCC(C)OC)n1C. The van der Waals surface area contributed by atoms with E-state index in [2.05, 4.69) is 22.4 Å². The van der Waals surface area contributed by atoms with Crippen LogP contribution in [0.3, 0.4) is 0 Å². The van der Waals surface area contributed by atoms with Gasteiger partial charge in [-0.15, -0.1) is 10.2 Å². The first-order valence-electron chi connectivity index (χ1n) is 4.77. The van der Waals surface area contributed by atoms with Gasteiger partial charge < -0.3 is 14.6 Å². The highest BCUT2D eigenvalue weighted by atomic mass is 16.5. The molecule has 14 heavy (non-hydrogen) atoms. The molecule has 0 saturated carbocycles. The predicted octanol–water partition coefficient (Wildman–Crippen LogP) is 0.824. The van der Waals surface area contributed by atoms with E-state index in [-0.39, 0.29) is 6.10 Å². The normalized spacial score (nSPS) is 12.9. The molecule has 0 aliphatic carbocycles. The van der Waals surface area contributed by atoms with Gasteiger partial charge in [-0.25, -0.2) is 0 Å². The number of hydrogen-bond donors (Lipinski definition) is 1. The van der Waals surface area contributed by atoms with Crippen LogP contribution in [0.25, 0.3) is 0 Å². The summed E-state index contributed by atoms with van der Waals surface area (Å²) in [7, 11) is 5.52. The maximum atomic E-state index is 5.17. The predicted molar refractivity (Wildman–Crippen MR) is 55.3 cm³/mol. The van der Waals surface area contributed by atoms with Gasteiger partial charge in [0.2, 0.25) is 5.95 Å². The van der Waals surface area contributed by atoms with Crippen LogP contribution in [0.4, 0.5) is 5.95 Å². The molecule has 0 fully saturated rings. The van der Waals surface area contributed by atoms with Crippen LogP contribution in [0.2, 0.25) is 0 Å². The molecule has 80 valence electrons. The van der Waals surface area contributed by atoms with Gasteiger partial charge in [0.1, 0.15) is 5.82 Å². The van der Waals surface area contributed by atoms with E-state index >= 15 is 0 Å². The highest BCUT2D eigenvalue weighted by Gasteiger charge is 2.08. The van der Waals surface area contributed by atoms with E-state index in [1.807, 2.05) is 18.7 Å². The van der Waals surface area contributed by atoms with Crippen molar-refractivity contribution in [3.05, 3.63) is 5.82 Å². The van der Waals surface area contributed by atoms with Gasteiger partial charge in [0.05, 0.1) is 6.10 Å². The van der Waals surface area contributed by atoms with E-state index < -0.39 is 0 Å². The smallest absolute Gasteiger partial charge is 0.224 e. The lowest BCUT2D eigenvalue weighted by Gasteiger charge is -2.08. The number of methoxy groups -OCH3 is 1. The van der Waals surface area contributed by atoms with Crippen molar-refractivity contribution in [1.82, 2.24) is 14.8 Å². The van der Waals surface area contributed by atoms with Gasteiger partial charge in [-0.1, -0.05) is 0 Å². The number of nitrogens with zero attached hydrogens (tertiary/aromatic N) is 3. The van der Waals surface area contributed by atoms with Crippen molar-refractivity contribution in [2.45, 2.75) is 25.9 Å².